The van der Waals surface area contributed by atoms with Gasteiger partial charge in [-0.3, -0.25) is 0 Å². The number of aromatic nitrogens is 2. The fourth-order valence-electron chi connectivity index (χ4n) is 1.89. The Balaban J connectivity index is 1.98. The molecule has 2 rings (SSSR count). The first-order valence-corrected chi connectivity index (χ1v) is 7.21. The zero-order valence-corrected chi connectivity index (χ0v) is 12.8. The molecule has 1 heterocycles. The highest BCUT2D eigenvalue weighted by atomic mass is 35.5. The summed E-state index contributed by atoms with van der Waals surface area (Å²) >= 11 is 5.63. The Morgan fingerprint density at radius 2 is 1.75 bits per heavy atom. The van der Waals surface area contributed by atoms with Crippen LogP contribution < -0.4 is 4.74 Å². The minimum Gasteiger partial charge on any atom is -0.484 e. The van der Waals surface area contributed by atoms with Crippen molar-refractivity contribution in [2.45, 2.75) is 40.2 Å². The van der Waals surface area contributed by atoms with E-state index in [1.54, 1.807) is 0 Å². The molecule has 0 radical (unpaired) electrons. The van der Waals surface area contributed by atoms with Crippen LogP contribution in [-0.4, -0.2) is 16.1 Å². The summed E-state index contributed by atoms with van der Waals surface area (Å²) in [5.74, 6) is 2.55. The smallest absolute Gasteiger partial charge is 0.253 e. The third-order valence-electron chi connectivity index (χ3n) is 3.18. The van der Waals surface area contributed by atoms with Gasteiger partial charge in [-0.2, -0.15) is 0 Å². The number of ether oxygens (including phenoxy) is 1. The van der Waals surface area contributed by atoms with Crippen LogP contribution in [-0.2, 0) is 13.0 Å². The van der Waals surface area contributed by atoms with Crippen molar-refractivity contribution in [3.63, 3.8) is 0 Å². The molecule has 0 amide bonds. The van der Waals surface area contributed by atoms with Gasteiger partial charge in [0.1, 0.15) is 5.75 Å². The minimum absolute atomic E-state index is 0.289. The maximum Gasteiger partial charge on any atom is 0.253 e. The topological polar surface area (TPSA) is 48.2 Å². The van der Waals surface area contributed by atoms with E-state index in [2.05, 4.69) is 30.1 Å². The van der Waals surface area contributed by atoms with Crippen molar-refractivity contribution in [3.8, 4) is 5.75 Å². The first-order valence-electron chi connectivity index (χ1n) is 6.68. The number of benzene rings is 1. The fourth-order valence-corrected chi connectivity index (χ4v) is 2.03. The first-order chi connectivity index (χ1) is 9.60. The van der Waals surface area contributed by atoms with Gasteiger partial charge >= 0.3 is 0 Å². The molecule has 0 atom stereocenters. The van der Waals surface area contributed by atoms with Gasteiger partial charge in [0.2, 0.25) is 5.89 Å². The number of hydrogen-bond acceptors (Lipinski definition) is 4. The Labute approximate surface area is 124 Å². The number of aryl methyl sites for hydroxylation is 4. The summed E-state index contributed by atoms with van der Waals surface area (Å²) in [6.45, 7) is 6.48. The molecule has 1 aromatic heterocycles. The molecule has 0 spiro atoms. The summed E-state index contributed by atoms with van der Waals surface area (Å²) in [6.07, 6.45) is 1.54. The molecule has 108 valence electrons. The van der Waals surface area contributed by atoms with Crippen molar-refractivity contribution in [3.05, 3.63) is 40.6 Å². The Hall–Kier alpha value is -1.55. The van der Waals surface area contributed by atoms with Gasteiger partial charge < -0.3 is 9.15 Å². The van der Waals surface area contributed by atoms with E-state index in [4.69, 9.17) is 20.8 Å². The Bertz CT molecular complexity index is 581. The average molecular weight is 295 g/mol. The van der Waals surface area contributed by atoms with Gasteiger partial charge in [0.15, 0.2) is 6.61 Å². The first kappa shape index (κ1) is 14.9. The van der Waals surface area contributed by atoms with Gasteiger partial charge in [-0.1, -0.05) is 6.07 Å². The standard InChI is InChI=1S/C15H19ClN2O2/c1-10-7-12(3)13(8-11(10)2)19-9-15-18-17-14(20-15)5-4-6-16/h7-8H,4-6,9H2,1-3H3. The van der Waals surface area contributed by atoms with Crippen molar-refractivity contribution < 1.29 is 9.15 Å². The molecule has 20 heavy (non-hydrogen) atoms. The van der Waals surface area contributed by atoms with Gasteiger partial charge in [0.05, 0.1) is 0 Å². The maximum atomic E-state index is 5.75. The Kier molecular flexibility index (Phi) is 5.01. The maximum absolute atomic E-state index is 5.75. The molecule has 0 aliphatic heterocycles. The highest BCUT2D eigenvalue weighted by Crippen LogP contribution is 2.23. The second-order valence-electron chi connectivity index (χ2n) is 4.87. The normalized spacial score (nSPS) is 10.8. The third-order valence-corrected chi connectivity index (χ3v) is 3.44. The van der Waals surface area contributed by atoms with Crippen LogP contribution in [0.4, 0.5) is 0 Å². The van der Waals surface area contributed by atoms with Crippen molar-refractivity contribution in [2.75, 3.05) is 5.88 Å². The zero-order valence-electron chi connectivity index (χ0n) is 12.1. The SMILES string of the molecule is Cc1cc(C)c(OCc2nnc(CCCCl)o2)cc1C. The largest absolute Gasteiger partial charge is 0.484 e. The highest BCUT2D eigenvalue weighted by molar-refractivity contribution is 6.17. The van der Waals surface area contributed by atoms with E-state index in [0.717, 1.165) is 17.7 Å². The third kappa shape index (κ3) is 3.73. The molecule has 1 aromatic carbocycles. The quantitative estimate of drug-likeness (QED) is 0.761. The second-order valence-corrected chi connectivity index (χ2v) is 5.25. The van der Waals surface area contributed by atoms with E-state index < -0.39 is 0 Å². The molecule has 0 saturated heterocycles. The summed E-state index contributed by atoms with van der Waals surface area (Å²) in [5.41, 5.74) is 3.57. The van der Waals surface area contributed by atoms with Crippen LogP contribution in [0.25, 0.3) is 0 Å². The van der Waals surface area contributed by atoms with Crippen LogP contribution in [0.15, 0.2) is 16.5 Å². The number of rotatable bonds is 6. The van der Waals surface area contributed by atoms with E-state index in [1.165, 1.54) is 11.1 Å². The van der Waals surface area contributed by atoms with E-state index >= 15 is 0 Å². The Morgan fingerprint density at radius 1 is 1.05 bits per heavy atom. The number of nitrogens with zero attached hydrogens (tertiary/aromatic N) is 2. The second kappa shape index (κ2) is 6.75. The van der Waals surface area contributed by atoms with Gasteiger partial charge in [0.25, 0.3) is 5.89 Å². The molecular weight excluding hydrogens is 276 g/mol. The molecule has 5 heteroatoms. The Morgan fingerprint density at radius 3 is 2.50 bits per heavy atom. The van der Waals surface area contributed by atoms with Crippen LogP contribution in [0.2, 0.25) is 0 Å². The predicted molar refractivity (Wildman–Crippen MR) is 78.3 cm³/mol. The molecule has 0 bridgehead atoms. The van der Waals surface area contributed by atoms with Crippen molar-refractivity contribution in [1.82, 2.24) is 10.2 Å². The van der Waals surface area contributed by atoms with E-state index in [-0.39, 0.29) is 6.61 Å². The summed E-state index contributed by atoms with van der Waals surface area (Å²) in [6, 6.07) is 4.15. The average Bonchev–Trinajstić information content (AvgIpc) is 2.87. The lowest BCUT2D eigenvalue weighted by Crippen LogP contribution is -1.98. The van der Waals surface area contributed by atoms with Crippen LogP contribution in [0, 0.1) is 20.8 Å². The highest BCUT2D eigenvalue weighted by Gasteiger charge is 2.08. The minimum atomic E-state index is 0.289. The zero-order chi connectivity index (χ0) is 14.5. The monoisotopic (exact) mass is 294 g/mol. The van der Waals surface area contributed by atoms with Gasteiger partial charge in [-0.05, 0) is 49.9 Å². The molecule has 4 nitrogen and oxygen atoms in total. The lowest BCUT2D eigenvalue weighted by atomic mass is 10.1. The van der Waals surface area contributed by atoms with E-state index in [0.29, 0.717) is 24.1 Å². The lowest BCUT2D eigenvalue weighted by molar-refractivity contribution is 0.257. The molecule has 2 aromatic rings. The molecular formula is C15H19ClN2O2. The van der Waals surface area contributed by atoms with E-state index in [1.807, 2.05) is 13.0 Å². The summed E-state index contributed by atoms with van der Waals surface area (Å²) < 4.78 is 11.2. The van der Waals surface area contributed by atoms with Crippen LogP contribution in [0.1, 0.15) is 34.9 Å². The molecule has 0 N–H and O–H groups in total. The number of alkyl halides is 1. The van der Waals surface area contributed by atoms with Gasteiger partial charge in [-0.15, -0.1) is 21.8 Å². The predicted octanol–water partition coefficient (Wildman–Crippen LogP) is 3.75. The van der Waals surface area contributed by atoms with Crippen LogP contribution in [0.5, 0.6) is 5.75 Å². The molecule has 0 aliphatic carbocycles. The molecule has 0 unspecified atom stereocenters. The number of hydrogen-bond donors (Lipinski definition) is 0. The fraction of sp³-hybridized carbons (Fsp3) is 0.467. The van der Waals surface area contributed by atoms with Crippen molar-refractivity contribution in [2.24, 2.45) is 0 Å². The van der Waals surface area contributed by atoms with Crippen LogP contribution in [0.3, 0.4) is 0 Å². The number of halogens is 1. The summed E-state index contributed by atoms with van der Waals surface area (Å²) in [4.78, 5) is 0. The summed E-state index contributed by atoms with van der Waals surface area (Å²) in [5, 5.41) is 7.93. The van der Waals surface area contributed by atoms with Gasteiger partial charge in [0, 0.05) is 12.3 Å². The molecule has 0 saturated carbocycles. The lowest BCUT2D eigenvalue weighted by Gasteiger charge is -2.10. The van der Waals surface area contributed by atoms with Crippen molar-refractivity contribution in [1.29, 1.82) is 0 Å². The van der Waals surface area contributed by atoms with E-state index in [9.17, 15) is 0 Å². The molecule has 0 fully saturated rings. The summed E-state index contributed by atoms with van der Waals surface area (Å²) in [7, 11) is 0. The van der Waals surface area contributed by atoms with Gasteiger partial charge in [-0.25, -0.2) is 0 Å². The molecule has 0 aliphatic rings. The van der Waals surface area contributed by atoms with Crippen LogP contribution >= 0.6 is 11.6 Å². The van der Waals surface area contributed by atoms with Crippen molar-refractivity contribution >= 4 is 11.6 Å².